The van der Waals surface area contributed by atoms with Gasteiger partial charge in [-0.1, -0.05) is 92.4 Å². The molecule has 1 nitrogen and oxygen atoms in total. The average Bonchev–Trinajstić information content (AvgIpc) is 2.46. The maximum Gasteiger partial charge on any atom is -0.00515 e. The summed E-state index contributed by atoms with van der Waals surface area (Å²) in [5.41, 5.74) is 5.67. The Bertz CT molecular complexity index is 192. The molecule has 0 fully saturated rings. The first-order valence-corrected chi connectivity index (χ1v) is 9.69. The van der Waals surface area contributed by atoms with Crippen molar-refractivity contribution in [1.82, 2.24) is 0 Å². The highest BCUT2D eigenvalue weighted by Crippen LogP contribution is 2.22. The minimum Gasteiger partial charge on any atom is -0.330 e. The van der Waals surface area contributed by atoms with E-state index in [1.165, 1.54) is 64.2 Å². The van der Waals surface area contributed by atoms with Gasteiger partial charge in [0, 0.05) is 0 Å². The summed E-state index contributed by atoms with van der Waals surface area (Å²) in [6.07, 6.45) is 14.0. The third-order valence-corrected chi connectivity index (χ3v) is 5.28. The highest BCUT2D eigenvalue weighted by molar-refractivity contribution is 4.61. The van der Waals surface area contributed by atoms with Crippen molar-refractivity contribution in [2.45, 2.75) is 98.8 Å². The Hall–Kier alpha value is -0.0400. The molecule has 0 heterocycles. The molecule has 0 bridgehead atoms. The minimum absolute atomic E-state index is 0.711. The van der Waals surface area contributed by atoms with Gasteiger partial charge in [-0.25, -0.2) is 0 Å². The first-order valence-electron chi connectivity index (χ1n) is 9.69. The lowest BCUT2D eigenvalue weighted by molar-refractivity contribution is 0.375. The summed E-state index contributed by atoms with van der Waals surface area (Å²) in [4.78, 5) is 0. The van der Waals surface area contributed by atoms with Crippen LogP contribution in [-0.2, 0) is 0 Å². The van der Waals surface area contributed by atoms with Crippen LogP contribution in [0.5, 0.6) is 0 Å². The first kappa shape index (κ1) is 21.0. The lowest BCUT2D eigenvalue weighted by Crippen LogP contribution is -2.10. The Morgan fingerprint density at radius 3 is 1.24 bits per heavy atom. The Morgan fingerprint density at radius 2 is 0.905 bits per heavy atom. The van der Waals surface area contributed by atoms with Gasteiger partial charge in [0.25, 0.3) is 0 Å². The monoisotopic (exact) mass is 297 g/mol. The Kier molecular flexibility index (Phi) is 13.6. The summed E-state index contributed by atoms with van der Waals surface area (Å²) in [6.45, 7) is 12.7. The topological polar surface area (TPSA) is 26.0 Å². The molecule has 1 heteroatoms. The molecule has 0 aliphatic heterocycles. The van der Waals surface area contributed by atoms with Crippen LogP contribution in [0.2, 0.25) is 0 Å². The summed E-state index contributed by atoms with van der Waals surface area (Å²) in [5.74, 6) is 3.47. The summed E-state index contributed by atoms with van der Waals surface area (Å²) < 4.78 is 0. The molecule has 0 rings (SSSR count). The standard InChI is InChI=1S/C20H43N/c1-6-17(2)10-7-11-18(3)12-8-13-19(4)14-9-15-20(5)16-21/h17-20H,6-16,21H2,1-5H3. The van der Waals surface area contributed by atoms with Gasteiger partial charge < -0.3 is 5.73 Å². The molecule has 128 valence electrons. The molecular formula is C20H43N. The summed E-state index contributed by atoms with van der Waals surface area (Å²) in [7, 11) is 0. The molecule has 0 amide bonds. The lowest BCUT2D eigenvalue weighted by atomic mass is 9.91. The zero-order chi connectivity index (χ0) is 16.1. The van der Waals surface area contributed by atoms with Gasteiger partial charge in [-0.05, 0) is 36.6 Å². The molecule has 0 radical (unpaired) electrons. The zero-order valence-corrected chi connectivity index (χ0v) is 15.7. The number of hydrogen-bond acceptors (Lipinski definition) is 1. The quantitative estimate of drug-likeness (QED) is 0.394. The second-order valence-corrected chi connectivity index (χ2v) is 7.86. The van der Waals surface area contributed by atoms with Crippen LogP contribution < -0.4 is 5.73 Å². The van der Waals surface area contributed by atoms with Gasteiger partial charge >= 0.3 is 0 Å². The van der Waals surface area contributed by atoms with Crippen molar-refractivity contribution < 1.29 is 0 Å². The molecule has 0 aromatic carbocycles. The Morgan fingerprint density at radius 1 is 0.571 bits per heavy atom. The predicted molar refractivity (Wildman–Crippen MR) is 97.6 cm³/mol. The fourth-order valence-corrected chi connectivity index (χ4v) is 3.05. The molecule has 4 unspecified atom stereocenters. The van der Waals surface area contributed by atoms with Crippen LogP contribution in [0.4, 0.5) is 0 Å². The lowest BCUT2D eigenvalue weighted by Gasteiger charge is -2.16. The summed E-state index contributed by atoms with van der Waals surface area (Å²) in [6, 6.07) is 0. The van der Waals surface area contributed by atoms with E-state index in [1.54, 1.807) is 0 Å². The van der Waals surface area contributed by atoms with Crippen molar-refractivity contribution in [1.29, 1.82) is 0 Å². The van der Waals surface area contributed by atoms with Gasteiger partial charge in [-0.15, -0.1) is 0 Å². The third-order valence-electron chi connectivity index (χ3n) is 5.28. The minimum atomic E-state index is 0.711. The van der Waals surface area contributed by atoms with Gasteiger partial charge in [0.2, 0.25) is 0 Å². The van der Waals surface area contributed by atoms with Gasteiger partial charge in [0.15, 0.2) is 0 Å². The van der Waals surface area contributed by atoms with Crippen molar-refractivity contribution >= 4 is 0 Å². The normalized spacial score (nSPS) is 17.4. The molecule has 0 aliphatic carbocycles. The van der Waals surface area contributed by atoms with Gasteiger partial charge in [-0.2, -0.15) is 0 Å². The Balaban J connectivity index is 3.46. The van der Waals surface area contributed by atoms with Crippen molar-refractivity contribution in [2.75, 3.05) is 6.54 Å². The van der Waals surface area contributed by atoms with Gasteiger partial charge in [0.05, 0.1) is 0 Å². The largest absolute Gasteiger partial charge is 0.330 e. The highest BCUT2D eigenvalue weighted by Gasteiger charge is 2.07. The van der Waals surface area contributed by atoms with E-state index < -0.39 is 0 Å². The SMILES string of the molecule is CCC(C)CCCC(C)CCCC(C)CCCC(C)CN. The number of rotatable bonds is 14. The molecule has 0 spiro atoms. The average molecular weight is 298 g/mol. The predicted octanol–water partition coefficient (Wildman–Crippen LogP) is 6.41. The van der Waals surface area contributed by atoms with Crippen LogP contribution in [-0.4, -0.2) is 6.54 Å². The van der Waals surface area contributed by atoms with E-state index in [1.807, 2.05) is 0 Å². The van der Waals surface area contributed by atoms with Crippen LogP contribution in [0.25, 0.3) is 0 Å². The van der Waals surface area contributed by atoms with Gasteiger partial charge in [-0.3, -0.25) is 0 Å². The maximum atomic E-state index is 5.67. The molecule has 0 saturated carbocycles. The van der Waals surface area contributed by atoms with E-state index >= 15 is 0 Å². The van der Waals surface area contributed by atoms with Gasteiger partial charge in [0.1, 0.15) is 0 Å². The summed E-state index contributed by atoms with van der Waals surface area (Å²) >= 11 is 0. The molecule has 4 atom stereocenters. The molecule has 21 heavy (non-hydrogen) atoms. The van der Waals surface area contributed by atoms with E-state index in [2.05, 4.69) is 34.6 Å². The van der Waals surface area contributed by atoms with Crippen molar-refractivity contribution in [3.05, 3.63) is 0 Å². The Labute approximate surface area is 135 Å². The van der Waals surface area contributed by atoms with E-state index in [4.69, 9.17) is 5.73 Å². The number of nitrogens with two attached hydrogens (primary N) is 1. The van der Waals surface area contributed by atoms with Crippen LogP contribution in [0.1, 0.15) is 98.8 Å². The van der Waals surface area contributed by atoms with Crippen LogP contribution in [0.3, 0.4) is 0 Å². The smallest absolute Gasteiger partial charge is 0.00515 e. The second kappa shape index (κ2) is 13.6. The first-order chi connectivity index (χ1) is 9.99. The molecule has 0 aromatic heterocycles. The van der Waals surface area contributed by atoms with Crippen molar-refractivity contribution in [3.63, 3.8) is 0 Å². The number of hydrogen-bond donors (Lipinski definition) is 1. The van der Waals surface area contributed by atoms with Crippen LogP contribution in [0.15, 0.2) is 0 Å². The molecular weight excluding hydrogens is 254 g/mol. The fraction of sp³-hybridized carbons (Fsp3) is 1.00. The van der Waals surface area contributed by atoms with Crippen molar-refractivity contribution in [3.8, 4) is 0 Å². The summed E-state index contributed by atoms with van der Waals surface area (Å²) in [5, 5.41) is 0. The molecule has 0 saturated heterocycles. The third kappa shape index (κ3) is 13.4. The molecule has 0 aliphatic rings. The highest BCUT2D eigenvalue weighted by atomic mass is 14.5. The van der Waals surface area contributed by atoms with E-state index in [0.717, 1.165) is 24.3 Å². The second-order valence-electron chi connectivity index (χ2n) is 7.86. The zero-order valence-electron chi connectivity index (χ0n) is 15.7. The molecule has 2 N–H and O–H groups in total. The van der Waals surface area contributed by atoms with Crippen LogP contribution >= 0.6 is 0 Å². The van der Waals surface area contributed by atoms with E-state index in [-0.39, 0.29) is 0 Å². The fourth-order valence-electron chi connectivity index (χ4n) is 3.05. The van der Waals surface area contributed by atoms with Crippen molar-refractivity contribution in [2.24, 2.45) is 29.4 Å². The van der Waals surface area contributed by atoms with Crippen LogP contribution in [0, 0.1) is 23.7 Å². The van der Waals surface area contributed by atoms with E-state index in [0.29, 0.717) is 5.92 Å². The molecule has 0 aromatic rings. The maximum absolute atomic E-state index is 5.67. The van der Waals surface area contributed by atoms with E-state index in [9.17, 15) is 0 Å².